The van der Waals surface area contributed by atoms with E-state index in [1.54, 1.807) is 31.7 Å². The van der Waals surface area contributed by atoms with Gasteiger partial charge < -0.3 is 21.5 Å². The third-order valence-corrected chi connectivity index (χ3v) is 6.82. The second-order valence-electron chi connectivity index (χ2n) is 7.84. The fourth-order valence-corrected chi connectivity index (χ4v) is 3.89. The molecule has 0 unspecified atom stereocenters. The van der Waals surface area contributed by atoms with Gasteiger partial charge >= 0.3 is 29.6 Å². The number of rotatable bonds is 6. The van der Waals surface area contributed by atoms with Gasteiger partial charge in [0.15, 0.2) is 35.6 Å². The zero-order chi connectivity index (χ0) is 32.7. The molecule has 0 atom stereocenters. The van der Waals surface area contributed by atoms with Crippen LogP contribution in [0, 0.1) is 36.0 Å². The molecule has 0 aliphatic rings. The van der Waals surface area contributed by atoms with Crippen LogP contribution in [0.25, 0.3) is 0 Å². The van der Waals surface area contributed by atoms with Crippen LogP contribution in [0.4, 0.5) is 0 Å². The quantitative estimate of drug-likeness (QED) is 0.0773. The number of carbonyl (C=O) groups is 2. The van der Waals surface area contributed by atoms with Crippen LogP contribution in [-0.4, -0.2) is 37.9 Å². The summed E-state index contributed by atoms with van der Waals surface area (Å²) in [5.74, 6) is 11.7. The van der Waals surface area contributed by atoms with E-state index in [9.17, 15) is 14.7 Å². The van der Waals surface area contributed by atoms with Gasteiger partial charge in [-0.2, -0.15) is 0 Å². The number of alkyl halides is 1. The summed E-state index contributed by atoms with van der Waals surface area (Å²) < 4.78 is 6.46. The summed E-state index contributed by atoms with van der Waals surface area (Å²) >= 11 is 9.55. The molecule has 0 saturated carbocycles. The van der Waals surface area contributed by atoms with E-state index in [-0.39, 0.29) is 73.8 Å². The Balaban J connectivity index is -0.000000281. The second kappa shape index (κ2) is 28.9. The zero-order valence-corrected chi connectivity index (χ0v) is 32.2. The number of aromatic hydroxyl groups is 3. The van der Waals surface area contributed by atoms with E-state index in [4.69, 9.17) is 21.4 Å². The Morgan fingerprint density at radius 3 is 1.72 bits per heavy atom. The average molecular weight is 862 g/mol. The van der Waals surface area contributed by atoms with E-state index in [2.05, 4.69) is 87.4 Å². The summed E-state index contributed by atoms with van der Waals surface area (Å²) in [6.45, 7) is 2.02. The number of hydrogen-bond acceptors (Lipinski definition) is 8. The number of ether oxygens (including phenoxy) is 1. The number of terminal acetylenes is 1. The largest absolute Gasteiger partial charge is 1.00 e. The maximum Gasteiger partial charge on any atom is 1.00 e. The molecule has 8 nitrogen and oxygen atoms in total. The van der Waals surface area contributed by atoms with Gasteiger partial charge in [0.2, 0.25) is 0 Å². The Labute approximate surface area is 330 Å². The number of benzene rings is 2. The van der Waals surface area contributed by atoms with Crippen LogP contribution in [0.1, 0.15) is 47.6 Å². The monoisotopic (exact) mass is 858 g/mol. The maximum atomic E-state index is 10.8. The van der Waals surface area contributed by atoms with Crippen molar-refractivity contribution < 1.29 is 60.6 Å². The zero-order valence-electron chi connectivity index (χ0n) is 25.6. The van der Waals surface area contributed by atoms with Gasteiger partial charge in [-0.05, 0) is 122 Å². The van der Waals surface area contributed by atoms with Crippen molar-refractivity contribution in [2.75, 3.05) is 0 Å². The number of aldehydes is 2. The molecule has 3 N–H and O–H groups in total. The van der Waals surface area contributed by atoms with Crippen molar-refractivity contribution in [3.63, 3.8) is 0 Å². The van der Waals surface area contributed by atoms with Crippen LogP contribution in [0.3, 0.4) is 0 Å². The van der Waals surface area contributed by atoms with Gasteiger partial charge in [0.25, 0.3) is 0 Å². The number of halogens is 4. The van der Waals surface area contributed by atoms with Crippen molar-refractivity contribution in [1.29, 1.82) is 0 Å². The number of hydrogen-bond donors (Lipinski definition) is 3. The number of carbonyl (C=O) groups excluding carboxylic acids is 2. The molecule has 13 heteroatoms. The first-order chi connectivity index (χ1) is 21.2. The smallest absolute Gasteiger partial charge is 1.00 e. The molecular formula is C34H31Br3ClN2NaO6. The topological polar surface area (TPSA) is 130 Å². The predicted octanol–water partition coefficient (Wildman–Crippen LogP) is 5.41. The minimum atomic E-state index is -0.296. The fourth-order valence-electron chi connectivity index (χ4n) is 2.66. The predicted molar refractivity (Wildman–Crippen MR) is 195 cm³/mol. The minimum absolute atomic E-state index is 0. The van der Waals surface area contributed by atoms with E-state index < -0.39 is 0 Å². The van der Waals surface area contributed by atoms with Crippen molar-refractivity contribution in [1.82, 2.24) is 9.97 Å². The molecular weight excluding hydrogens is 831 g/mol. The summed E-state index contributed by atoms with van der Waals surface area (Å²) in [5.41, 5.74) is 2.93. The number of phenolic OH excluding ortho intramolecular Hbond substituents is 3. The van der Waals surface area contributed by atoms with E-state index in [1.165, 1.54) is 29.8 Å². The number of nitrogens with zero attached hydrogens (tertiary/aromatic N) is 2. The van der Waals surface area contributed by atoms with Gasteiger partial charge in [0, 0.05) is 50.2 Å². The first kappa shape index (κ1) is 48.1. The average Bonchev–Trinajstić information content (AvgIpc) is 3.04. The van der Waals surface area contributed by atoms with Crippen LogP contribution in [-0.2, 0) is 11.9 Å². The molecule has 2 aromatic carbocycles. The first-order valence-corrected chi connectivity index (χ1v) is 14.9. The summed E-state index contributed by atoms with van der Waals surface area (Å²) in [7, 11) is 0. The van der Waals surface area contributed by atoms with Crippen molar-refractivity contribution in [3.8, 4) is 59.0 Å². The van der Waals surface area contributed by atoms with E-state index >= 15 is 0 Å². The molecule has 0 bridgehead atoms. The third kappa shape index (κ3) is 19.8. The molecule has 47 heavy (non-hydrogen) atoms. The molecule has 0 saturated heterocycles. The first-order valence-electron chi connectivity index (χ1n) is 12.2. The Morgan fingerprint density at radius 2 is 1.28 bits per heavy atom. The van der Waals surface area contributed by atoms with E-state index in [1.807, 2.05) is 24.3 Å². The Hall–Kier alpha value is -3.31. The maximum absolute atomic E-state index is 10.8. The molecule has 0 aliphatic carbocycles. The standard InChI is InChI=1S/C13H10BrNO3.C7H5BrO3.C7H4.C6H6BrN.CH4.ClH.Na.H/c14-11-6-12(17)13(5-10(11)7-16)18-8-9-1-3-15-4-2-9;8-5-2-7(11)6(10)1-4(5)3-9;1-3-5-7-6-4-2;7-5-6-1-3-8-4-2-6;;;;/h1-7,17H,8H2;1-3,10-11H;1H,2H3;1-4H,5H2;1H4;1H;;/q;;;;;;+1;-1. The summed E-state index contributed by atoms with van der Waals surface area (Å²) in [6, 6.07) is 13.0. The van der Waals surface area contributed by atoms with Crippen LogP contribution in [0.15, 0.2) is 82.3 Å². The molecule has 2 aromatic heterocycles. The number of aromatic nitrogens is 2. The second-order valence-corrected chi connectivity index (χ2v) is 10.1. The molecule has 4 aromatic rings. The SMILES string of the molecule is BrCc1ccncc1.C.C#CC#CC#CC.Cl.O=Cc1cc(O)c(O)cc1Br.O=Cc1cc(OCc2ccncc2)c(O)cc1Br.[H-].[Na+]. The molecule has 0 fully saturated rings. The van der Waals surface area contributed by atoms with Gasteiger partial charge in [-0.25, -0.2) is 0 Å². The third-order valence-electron chi connectivity index (χ3n) is 4.80. The summed E-state index contributed by atoms with van der Waals surface area (Å²) in [4.78, 5) is 28.8. The molecule has 2 heterocycles. The van der Waals surface area contributed by atoms with Crippen molar-refractivity contribution >= 4 is 72.8 Å². The number of pyridine rings is 2. The normalized spacial score (nSPS) is 8.15. The molecule has 242 valence electrons. The molecule has 4 rings (SSSR count). The summed E-state index contributed by atoms with van der Waals surface area (Å²) in [5, 5.41) is 28.5. The van der Waals surface area contributed by atoms with Crippen LogP contribution >= 0.6 is 60.2 Å². The van der Waals surface area contributed by atoms with Crippen molar-refractivity contribution in [2.45, 2.75) is 26.3 Å². The van der Waals surface area contributed by atoms with Gasteiger partial charge in [0.1, 0.15) is 6.61 Å². The van der Waals surface area contributed by atoms with Crippen LogP contribution in [0.5, 0.6) is 23.0 Å². The van der Waals surface area contributed by atoms with Gasteiger partial charge in [0.05, 0.1) is 0 Å². The van der Waals surface area contributed by atoms with Gasteiger partial charge in [-0.15, -0.1) is 18.8 Å². The Kier molecular flexibility index (Phi) is 29.5. The molecule has 0 amide bonds. The molecule has 0 radical (unpaired) electrons. The van der Waals surface area contributed by atoms with E-state index in [0.29, 0.717) is 39.3 Å². The van der Waals surface area contributed by atoms with Crippen molar-refractivity contribution in [3.05, 3.63) is 105 Å². The van der Waals surface area contributed by atoms with Crippen LogP contribution < -0.4 is 34.3 Å². The number of phenols is 3. The van der Waals surface area contributed by atoms with Gasteiger partial charge in [-0.3, -0.25) is 19.6 Å². The minimum Gasteiger partial charge on any atom is -1.00 e. The van der Waals surface area contributed by atoms with Crippen molar-refractivity contribution in [2.24, 2.45) is 0 Å². The van der Waals surface area contributed by atoms with E-state index in [0.717, 1.165) is 10.9 Å². The Morgan fingerprint density at radius 1 is 0.809 bits per heavy atom. The Bertz CT molecular complexity index is 1690. The molecule has 0 spiro atoms. The van der Waals surface area contributed by atoms with Crippen LogP contribution in [0.2, 0.25) is 0 Å². The fraction of sp³-hybridized carbons (Fsp3) is 0.118. The van der Waals surface area contributed by atoms with Gasteiger partial charge in [-0.1, -0.05) is 29.3 Å². The molecule has 0 aliphatic heterocycles. The summed E-state index contributed by atoms with van der Waals surface area (Å²) in [6.07, 6.45) is 13.0.